The van der Waals surface area contributed by atoms with Gasteiger partial charge in [-0.05, 0) is 44.5 Å². The molecule has 162 valence electrons. The van der Waals surface area contributed by atoms with Crippen LogP contribution >= 0.6 is 0 Å². The van der Waals surface area contributed by atoms with E-state index in [9.17, 15) is 41.0 Å². The van der Waals surface area contributed by atoms with Gasteiger partial charge < -0.3 is 14.7 Å². The maximum atomic E-state index is 13.1. The summed E-state index contributed by atoms with van der Waals surface area (Å²) in [5, 5.41) is 9.41. The van der Waals surface area contributed by atoms with Crippen LogP contribution in [0.1, 0.15) is 43.4 Å². The lowest BCUT2D eigenvalue weighted by Gasteiger charge is -2.24. The van der Waals surface area contributed by atoms with Gasteiger partial charge >= 0.3 is 24.4 Å². The van der Waals surface area contributed by atoms with Crippen molar-refractivity contribution in [2.24, 2.45) is 5.92 Å². The van der Waals surface area contributed by atoms with Crippen LogP contribution in [-0.2, 0) is 21.9 Å². The number of ether oxygens (including phenoxy) is 1. The van der Waals surface area contributed by atoms with Crippen molar-refractivity contribution in [2.75, 3.05) is 13.1 Å². The minimum Gasteiger partial charge on any atom is -0.481 e. The Kier molecular flexibility index (Phi) is 5.84. The van der Waals surface area contributed by atoms with E-state index in [1.165, 1.54) is 0 Å². The molecule has 1 aromatic rings. The average Bonchev–Trinajstić information content (AvgIpc) is 2.97. The Labute approximate surface area is 162 Å². The number of alkyl halides is 6. The number of hydrogen-bond donors (Lipinski definition) is 1. The molecule has 11 heteroatoms. The summed E-state index contributed by atoms with van der Waals surface area (Å²) in [5.74, 6) is -4.08. The van der Waals surface area contributed by atoms with Crippen LogP contribution in [-0.4, -0.2) is 40.8 Å². The molecule has 0 aromatic heterocycles. The number of likely N-dealkylation sites (tertiary alicyclic amines) is 1. The second-order valence-electron chi connectivity index (χ2n) is 7.78. The zero-order valence-electron chi connectivity index (χ0n) is 15.7. The normalized spacial score (nSPS) is 20.7. The highest BCUT2D eigenvalue weighted by Crippen LogP contribution is 2.41. The molecule has 1 amide bonds. The SMILES string of the molecule is CC(C)(C)OC(=O)N1C[C@H](C(=O)O)[C@@H](c2cc(C(F)(F)F)cc(C(F)(F)F)c2)C1. The molecule has 2 rings (SSSR count). The van der Waals surface area contributed by atoms with Crippen molar-refractivity contribution in [3.63, 3.8) is 0 Å². The van der Waals surface area contributed by atoms with Crippen molar-refractivity contribution >= 4 is 12.1 Å². The van der Waals surface area contributed by atoms with Crippen LogP contribution in [0.2, 0.25) is 0 Å². The van der Waals surface area contributed by atoms with Gasteiger partial charge in [0.15, 0.2) is 0 Å². The third-order valence-electron chi connectivity index (χ3n) is 4.33. The lowest BCUT2D eigenvalue weighted by Crippen LogP contribution is -2.35. The van der Waals surface area contributed by atoms with Crippen molar-refractivity contribution in [3.05, 3.63) is 34.9 Å². The highest BCUT2D eigenvalue weighted by Gasteiger charge is 2.44. The van der Waals surface area contributed by atoms with Crippen LogP contribution in [0.25, 0.3) is 0 Å². The van der Waals surface area contributed by atoms with Crippen molar-refractivity contribution < 1.29 is 45.8 Å². The van der Waals surface area contributed by atoms with Gasteiger partial charge in [-0.1, -0.05) is 0 Å². The summed E-state index contributed by atoms with van der Waals surface area (Å²) < 4.78 is 83.7. The molecule has 1 aliphatic heterocycles. The van der Waals surface area contributed by atoms with Crippen molar-refractivity contribution in [3.8, 4) is 0 Å². The second kappa shape index (κ2) is 7.42. The summed E-state index contributed by atoms with van der Waals surface area (Å²) in [7, 11) is 0. The van der Waals surface area contributed by atoms with Gasteiger partial charge in [0.25, 0.3) is 0 Å². The molecule has 0 aliphatic carbocycles. The Bertz CT molecular complexity index is 765. The molecule has 1 heterocycles. The molecular weight excluding hydrogens is 408 g/mol. The van der Waals surface area contributed by atoms with E-state index < -0.39 is 65.1 Å². The number of nitrogens with zero attached hydrogens (tertiary/aromatic N) is 1. The van der Waals surface area contributed by atoms with Gasteiger partial charge in [-0.25, -0.2) is 4.79 Å². The topological polar surface area (TPSA) is 66.8 Å². The number of carboxylic acids is 1. The first-order chi connectivity index (χ1) is 13.0. The fourth-order valence-corrected chi connectivity index (χ4v) is 3.06. The molecule has 0 saturated carbocycles. The van der Waals surface area contributed by atoms with E-state index in [0.29, 0.717) is 12.1 Å². The summed E-state index contributed by atoms with van der Waals surface area (Å²) in [6.07, 6.45) is -11.0. The zero-order valence-corrected chi connectivity index (χ0v) is 15.7. The van der Waals surface area contributed by atoms with E-state index in [1.54, 1.807) is 20.8 Å². The molecular formula is C18H19F6NO4. The third-order valence-corrected chi connectivity index (χ3v) is 4.33. The minimum atomic E-state index is -5.06. The van der Waals surface area contributed by atoms with Gasteiger partial charge in [-0.2, -0.15) is 26.3 Å². The molecule has 1 aromatic carbocycles. The fraction of sp³-hybridized carbons (Fsp3) is 0.556. The van der Waals surface area contributed by atoms with E-state index in [-0.39, 0.29) is 12.6 Å². The van der Waals surface area contributed by atoms with Crippen LogP contribution in [0.15, 0.2) is 18.2 Å². The Morgan fingerprint density at radius 3 is 1.83 bits per heavy atom. The predicted molar refractivity (Wildman–Crippen MR) is 88.1 cm³/mol. The van der Waals surface area contributed by atoms with Crippen LogP contribution in [0.3, 0.4) is 0 Å². The lowest BCUT2D eigenvalue weighted by molar-refractivity contribution is -0.143. The van der Waals surface area contributed by atoms with Crippen LogP contribution < -0.4 is 0 Å². The smallest absolute Gasteiger partial charge is 0.416 e. The highest BCUT2D eigenvalue weighted by molar-refractivity contribution is 5.76. The van der Waals surface area contributed by atoms with Crippen LogP contribution in [0.4, 0.5) is 31.1 Å². The Balaban J connectivity index is 2.47. The van der Waals surface area contributed by atoms with Crippen molar-refractivity contribution in [2.45, 2.75) is 44.6 Å². The quantitative estimate of drug-likeness (QED) is 0.692. The molecule has 0 bridgehead atoms. The molecule has 0 radical (unpaired) electrons. The molecule has 5 nitrogen and oxygen atoms in total. The maximum absolute atomic E-state index is 13.1. The summed E-state index contributed by atoms with van der Waals surface area (Å²) in [6, 6.07) is 0.961. The Morgan fingerprint density at radius 2 is 1.45 bits per heavy atom. The van der Waals surface area contributed by atoms with Gasteiger partial charge in [0.2, 0.25) is 0 Å². The monoisotopic (exact) mass is 427 g/mol. The first-order valence-electron chi connectivity index (χ1n) is 8.49. The lowest BCUT2D eigenvalue weighted by atomic mass is 9.87. The van der Waals surface area contributed by atoms with E-state index in [4.69, 9.17) is 4.74 Å². The minimum absolute atomic E-state index is 0.0279. The van der Waals surface area contributed by atoms with Gasteiger partial charge in [-0.15, -0.1) is 0 Å². The number of carbonyl (C=O) groups is 2. The molecule has 0 spiro atoms. The number of rotatable bonds is 2. The number of amides is 1. The average molecular weight is 427 g/mol. The van der Waals surface area contributed by atoms with Crippen molar-refractivity contribution in [1.82, 2.24) is 4.90 Å². The maximum Gasteiger partial charge on any atom is 0.416 e. The molecule has 0 unspecified atom stereocenters. The van der Waals surface area contributed by atoms with Crippen LogP contribution in [0.5, 0.6) is 0 Å². The van der Waals surface area contributed by atoms with Crippen LogP contribution in [0, 0.1) is 5.92 Å². The van der Waals surface area contributed by atoms with E-state index >= 15 is 0 Å². The summed E-state index contributed by atoms with van der Waals surface area (Å²) in [4.78, 5) is 24.8. The van der Waals surface area contributed by atoms with Crippen molar-refractivity contribution in [1.29, 1.82) is 0 Å². The van der Waals surface area contributed by atoms with E-state index in [0.717, 1.165) is 4.90 Å². The number of carboxylic acid groups (broad SMARTS) is 1. The first-order valence-corrected chi connectivity index (χ1v) is 8.49. The largest absolute Gasteiger partial charge is 0.481 e. The van der Waals surface area contributed by atoms with Gasteiger partial charge in [-0.3, -0.25) is 4.79 Å². The molecule has 1 saturated heterocycles. The predicted octanol–water partition coefficient (Wildman–Crippen LogP) is 4.76. The Morgan fingerprint density at radius 1 is 0.966 bits per heavy atom. The molecule has 1 aliphatic rings. The molecule has 29 heavy (non-hydrogen) atoms. The van der Waals surface area contributed by atoms with Gasteiger partial charge in [0, 0.05) is 19.0 Å². The summed E-state index contributed by atoms with van der Waals surface area (Å²) in [6.45, 7) is 3.91. The summed E-state index contributed by atoms with van der Waals surface area (Å²) >= 11 is 0. The summed E-state index contributed by atoms with van der Waals surface area (Å²) in [5.41, 5.74) is -4.44. The third kappa shape index (κ3) is 5.54. The Hall–Kier alpha value is -2.46. The standard InChI is InChI=1S/C18H19F6NO4/c1-16(2,3)29-15(28)25-7-12(13(8-25)14(26)27)9-4-10(17(19,20)21)6-11(5-9)18(22,23)24/h4-6,12-13H,7-8H2,1-3H3,(H,26,27)/t12-,13+/m1/s1. The zero-order chi connectivity index (χ0) is 22.4. The van der Waals surface area contributed by atoms with E-state index in [2.05, 4.69) is 0 Å². The van der Waals surface area contributed by atoms with Gasteiger partial charge in [0.1, 0.15) is 5.60 Å². The second-order valence-corrected chi connectivity index (χ2v) is 7.78. The van der Waals surface area contributed by atoms with Gasteiger partial charge in [0.05, 0.1) is 17.0 Å². The first kappa shape index (κ1) is 22.8. The number of benzene rings is 1. The number of aliphatic carboxylic acids is 1. The highest BCUT2D eigenvalue weighted by atomic mass is 19.4. The fourth-order valence-electron chi connectivity index (χ4n) is 3.06. The number of hydrogen-bond acceptors (Lipinski definition) is 3. The molecule has 1 N–H and O–H groups in total. The molecule has 1 fully saturated rings. The van der Waals surface area contributed by atoms with E-state index in [1.807, 2.05) is 0 Å². The number of carbonyl (C=O) groups excluding carboxylic acids is 1. The number of halogens is 6. The molecule has 2 atom stereocenters.